The summed E-state index contributed by atoms with van der Waals surface area (Å²) in [6, 6.07) is 3.69. The van der Waals surface area contributed by atoms with Gasteiger partial charge in [0.2, 0.25) is 0 Å². The molecule has 0 spiro atoms. The van der Waals surface area contributed by atoms with Gasteiger partial charge in [0.15, 0.2) is 0 Å². The summed E-state index contributed by atoms with van der Waals surface area (Å²) in [5, 5.41) is 16.2. The molecule has 28 heavy (non-hydrogen) atoms. The van der Waals surface area contributed by atoms with Crippen LogP contribution < -0.4 is 5.32 Å². The second-order valence-corrected chi connectivity index (χ2v) is 7.21. The molecule has 4 aromatic heterocycles. The fraction of sp³-hybridized carbons (Fsp3) is 0.316. The number of hydrogen-bond donors (Lipinski definition) is 1. The highest BCUT2D eigenvalue weighted by molar-refractivity contribution is 6.12. The molecule has 0 aromatic carbocycles. The van der Waals surface area contributed by atoms with Crippen molar-refractivity contribution in [1.82, 2.24) is 29.7 Å². The molecule has 5 rings (SSSR count). The molecule has 0 aliphatic heterocycles. The third-order valence-corrected chi connectivity index (χ3v) is 5.00. The molecule has 0 unspecified atom stereocenters. The van der Waals surface area contributed by atoms with Gasteiger partial charge in [-0.05, 0) is 25.8 Å². The van der Waals surface area contributed by atoms with Crippen molar-refractivity contribution in [2.45, 2.75) is 25.7 Å². The molecule has 4 heterocycles. The number of pyridine rings is 1. The fourth-order valence-electron chi connectivity index (χ4n) is 3.34. The van der Waals surface area contributed by atoms with E-state index in [1.165, 1.54) is 0 Å². The Morgan fingerprint density at radius 1 is 1.29 bits per heavy atom. The lowest BCUT2D eigenvalue weighted by Gasteiger charge is -2.07. The Morgan fingerprint density at radius 3 is 2.82 bits per heavy atom. The highest BCUT2D eigenvalue weighted by Crippen LogP contribution is 2.40. The van der Waals surface area contributed by atoms with Gasteiger partial charge < -0.3 is 9.84 Å². The average molecular weight is 377 g/mol. The Morgan fingerprint density at radius 2 is 2.11 bits per heavy atom. The Labute approximate surface area is 160 Å². The first-order valence-electron chi connectivity index (χ1n) is 9.11. The van der Waals surface area contributed by atoms with Crippen LogP contribution >= 0.6 is 0 Å². The number of nitrogens with zero attached hydrogens (tertiary/aromatic N) is 6. The summed E-state index contributed by atoms with van der Waals surface area (Å²) in [7, 11) is 3.66. The molecule has 4 aromatic rings. The van der Waals surface area contributed by atoms with Crippen LogP contribution in [0.25, 0.3) is 22.4 Å². The lowest BCUT2D eigenvalue weighted by atomic mass is 10.1. The van der Waals surface area contributed by atoms with Crippen LogP contribution in [-0.2, 0) is 14.1 Å². The Kier molecular flexibility index (Phi) is 3.58. The smallest absolute Gasteiger partial charge is 0.259 e. The standard InChI is InChI=1S/C19H19N7O2/c1-10-17-13(18(27)22-16-7-15(11-4-5-11)23-26(16)3)6-14(21-19(17)28-24-10)12-8-20-25(2)9-12/h6-9,11H,4-5H2,1-3H3,(H,22,27). The SMILES string of the molecule is Cc1noc2nc(-c3cnn(C)c3)cc(C(=O)Nc3cc(C4CC4)nn3C)c12. The summed E-state index contributed by atoms with van der Waals surface area (Å²) >= 11 is 0. The summed E-state index contributed by atoms with van der Waals surface area (Å²) in [4.78, 5) is 17.6. The number of carbonyl (C=O) groups excluding carboxylic acids is 1. The first-order valence-corrected chi connectivity index (χ1v) is 9.11. The van der Waals surface area contributed by atoms with Crippen LogP contribution in [0.3, 0.4) is 0 Å². The number of nitrogens with one attached hydrogen (secondary N) is 1. The van der Waals surface area contributed by atoms with Crippen molar-refractivity contribution in [2.24, 2.45) is 14.1 Å². The van der Waals surface area contributed by atoms with Crippen molar-refractivity contribution >= 4 is 22.8 Å². The van der Waals surface area contributed by atoms with Crippen molar-refractivity contribution in [3.63, 3.8) is 0 Å². The molecule has 1 N–H and O–H groups in total. The van der Waals surface area contributed by atoms with Crippen molar-refractivity contribution in [3.8, 4) is 11.3 Å². The molecular weight excluding hydrogens is 358 g/mol. The predicted molar refractivity (Wildman–Crippen MR) is 102 cm³/mol. The highest BCUT2D eigenvalue weighted by Gasteiger charge is 2.27. The minimum Gasteiger partial charge on any atom is -0.335 e. The molecule has 0 bridgehead atoms. The zero-order chi connectivity index (χ0) is 19.4. The van der Waals surface area contributed by atoms with E-state index in [2.05, 4.69) is 25.7 Å². The van der Waals surface area contributed by atoms with E-state index < -0.39 is 0 Å². The van der Waals surface area contributed by atoms with E-state index >= 15 is 0 Å². The van der Waals surface area contributed by atoms with Gasteiger partial charge >= 0.3 is 0 Å². The molecule has 1 aliphatic rings. The van der Waals surface area contributed by atoms with E-state index in [4.69, 9.17) is 4.52 Å². The maximum atomic E-state index is 13.1. The molecule has 1 fully saturated rings. The Balaban J connectivity index is 1.56. The lowest BCUT2D eigenvalue weighted by molar-refractivity contribution is 0.102. The summed E-state index contributed by atoms with van der Waals surface area (Å²) in [5.41, 5.74) is 3.82. The van der Waals surface area contributed by atoms with Crippen molar-refractivity contribution in [2.75, 3.05) is 5.32 Å². The average Bonchev–Trinajstić information content (AvgIpc) is 3.18. The van der Waals surface area contributed by atoms with Gasteiger partial charge in [0.1, 0.15) is 5.82 Å². The molecular formula is C19H19N7O2. The van der Waals surface area contributed by atoms with E-state index in [1.54, 1.807) is 28.6 Å². The Hall–Kier alpha value is -3.49. The van der Waals surface area contributed by atoms with Crippen LogP contribution in [0.5, 0.6) is 0 Å². The zero-order valence-electron chi connectivity index (χ0n) is 15.8. The van der Waals surface area contributed by atoms with Gasteiger partial charge in [-0.1, -0.05) is 5.16 Å². The molecule has 1 saturated carbocycles. The number of amides is 1. The summed E-state index contributed by atoms with van der Waals surface area (Å²) in [6.07, 6.45) is 5.84. The number of rotatable bonds is 4. The van der Waals surface area contributed by atoms with E-state index in [0.29, 0.717) is 39.8 Å². The van der Waals surface area contributed by atoms with Crippen LogP contribution in [0.15, 0.2) is 29.0 Å². The molecule has 1 amide bonds. The van der Waals surface area contributed by atoms with Crippen molar-refractivity contribution < 1.29 is 9.32 Å². The normalized spacial score (nSPS) is 14.0. The van der Waals surface area contributed by atoms with E-state index in [1.807, 2.05) is 26.4 Å². The lowest BCUT2D eigenvalue weighted by Crippen LogP contribution is -2.15. The highest BCUT2D eigenvalue weighted by atomic mass is 16.5. The molecule has 0 atom stereocenters. The molecule has 9 nitrogen and oxygen atoms in total. The first-order chi connectivity index (χ1) is 13.5. The van der Waals surface area contributed by atoms with Crippen LogP contribution in [0, 0.1) is 6.92 Å². The number of aromatic nitrogens is 6. The second kappa shape index (κ2) is 6.01. The maximum Gasteiger partial charge on any atom is 0.259 e. The van der Waals surface area contributed by atoms with E-state index in [0.717, 1.165) is 24.1 Å². The number of anilines is 1. The molecule has 0 saturated heterocycles. The minimum absolute atomic E-state index is 0.255. The zero-order valence-corrected chi connectivity index (χ0v) is 15.8. The van der Waals surface area contributed by atoms with Crippen LogP contribution in [0.4, 0.5) is 5.82 Å². The Bertz CT molecular complexity index is 1210. The summed E-state index contributed by atoms with van der Waals surface area (Å²) in [6.45, 7) is 1.79. The van der Waals surface area contributed by atoms with Gasteiger partial charge in [0, 0.05) is 37.8 Å². The topological polar surface area (TPSA) is 104 Å². The predicted octanol–water partition coefficient (Wildman–Crippen LogP) is 2.79. The van der Waals surface area contributed by atoms with Gasteiger partial charge in [-0.15, -0.1) is 0 Å². The van der Waals surface area contributed by atoms with Gasteiger partial charge in [-0.2, -0.15) is 10.2 Å². The van der Waals surface area contributed by atoms with Crippen LogP contribution in [-0.4, -0.2) is 35.6 Å². The number of aryl methyl sites for hydroxylation is 3. The summed E-state index contributed by atoms with van der Waals surface area (Å²) in [5.74, 6) is 0.921. The van der Waals surface area contributed by atoms with Crippen molar-refractivity contribution in [3.05, 3.63) is 41.5 Å². The molecule has 9 heteroatoms. The fourth-order valence-corrected chi connectivity index (χ4v) is 3.34. The number of carbonyl (C=O) groups is 1. The first kappa shape index (κ1) is 16.7. The third kappa shape index (κ3) is 2.75. The third-order valence-electron chi connectivity index (χ3n) is 5.00. The van der Waals surface area contributed by atoms with Crippen molar-refractivity contribution in [1.29, 1.82) is 0 Å². The maximum absolute atomic E-state index is 13.1. The number of fused-ring (bicyclic) bond motifs is 1. The molecule has 0 radical (unpaired) electrons. The second-order valence-electron chi connectivity index (χ2n) is 7.21. The quantitative estimate of drug-likeness (QED) is 0.586. The molecule has 1 aliphatic carbocycles. The molecule has 142 valence electrons. The summed E-state index contributed by atoms with van der Waals surface area (Å²) < 4.78 is 8.72. The monoisotopic (exact) mass is 377 g/mol. The van der Waals surface area contributed by atoms with Gasteiger partial charge in [-0.25, -0.2) is 4.98 Å². The van der Waals surface area contributed by atoms with Gasteiger partial charge in [-0.3, -0.25) is 14.2 Å². The van der Waals surface area contributed by atoms with Gasteiger partial charge in [0.25, 0.3) is 11.6 Å². The van der Waals surface area contributed by atoms with Gasteiger partial charge in [0.05, 0.1) is 34.2 Å². The van der Waals surface area contributed by atoms with E-state index in [-0.39, 0.29) is 5.91 Å². The number of hydrogen-bond acceptors (Lipinski definition) is 6. The minimum atomic E-state index is -0.255. The van der Waals surface area contributed by atoms with Crippen LogP contribution in [0.2, 0.25) is 0 Å². The van der Waals surface area contributed by atoms with E-state index in [9.17, 15) is 4.79 Å². The largest absolute Gasteiger partial charge is 0.335 e. The van der Waals surface area contributed by atoms with Crippen LogP contribution in [0.1, 0.15) is 40.5 Å².